The van der Waals surface area contributed by atoms with Crippen LogP contribution in [0, 0.1) is 0 Å². The Bertz CT molecular complexity index is 447. The van der Waals surface area contributed by atoms with E-state index in [1.807, 2.05) is 19.9 Å². The SMILES string of the molecule is CC(C)c1cccc(S(=O)(=O)NCCN)c1.Cl. The Morgan fingerprint density at radius 3 is 2.53 bits per heavy atom. The van der Waals surface area contributed by atoms with Crippen molar-refractivity contribution >= 4 is 22.4 Å². The molecular formula is C11H19ClN2O2S. The molecule has 3 N–H and O–H groups in total. The number of hydrogen-bond acceptors (Lipinski definition) is 3. The summed E-state index contributed by atoms with van der Waals surface area (Å²) in [6.07, 6.45) is 0. The second kappa shape index (κ2) is 6.96. The highest BCUT2D eigenvalue weighted by Gasteiger charge is 2.13. The molecule has 1 aromatic rings. The van der Waals surface area contributed by atoms with Gasteiger partial charge in [0, 0.05) is 13.1 Å². The highest BCUT2D eigenvalue weighted by Crippen LogP contribution is 2.18. The van der Waals surface area contributed by atoms with Gasteiger partial charge in [-0.05, 0) is 23.6 Å². The molecule has 0 aliphatic rings. The van der Waals surface area contributed by atoms with Crippen molar-refractivity contribution in [3.63, 3.8) is 0 Å². The van der Waals surface area contributed by atoms with Crippen molar-refractivity contribution in [2.24, 2.45) is 5.73 Å². The zero-order chi connectivity index (χ0) is 12.2. The van der Waals surface area contributed by atoms with Crippen LogP contribution in [0.4, 0.5) is 0 Å². The van der Waals surface area contributed by atoms with Crippen LogP contribution in [0.15, 0.2) is 29.2 Å². The third-order valence-corrected chi connectivity index (χ3v) is 3.73. The summed E-state index contributed by atoms with van der Waals surface area (Å²) in [5.74, 6) is 0.310. The maximum atomic E-state index is 11.8. The monoisotopic (exact) mass is 278 g/mol. The van der Waals surface area contributed by atoms with E-state index < -0.39 is 10.0 Å². The van der Waals surface area contributed by atoms with Gasteiger partial charge in [-0.25, -0.2) is 13.1 Å². The average molecular weight is 279 g/mol. The van der Waals surface area contributed by atoms with Crippen LogP contribution >= 0.6 is 12.4 Å². The van der Waals surface area contributed by atoms with Crippen molar-refractivity contribution in [1.82, 2.24) is 4.72 Å². The summed E-state index contributed by atoms with van der Waals surface area (Å²) in [7, 11) is -3.41. The first-order valence-electron chi connectivity index (χ1n) is 5.27. The Hall–Kier alpha value is -0.620. The van der Waals surface area contributed by atoms with Gasteiger partial charge >= 0.3 is 0 Å². The van der Waals surface area contributed by atoms with Crippen LogP contribution in [-0.2, 0) is 10.0 Å². The fourth-order valence-electron chi connectivity index (χ4n) is 1.32. The zero-order valence-electron chi connectivity index (χ0n) is 10.0. The lowest BCUT2D eigenvalue weighted by atomic mass is 10.0. The molecule has 0 atom stereocenters. The van der Waals surface area contributed by atoms with Gasteiger partial charge < -0.3 is 5.73 Å². The molecule has 0 unspecified atom stereocenters. The molecule has 0 saturated carbocycles. The fourth-order valence-corrected chi connectivity index (χ4v) is 2.42. The summed E-state index contributed by atoms with van der Waals surface area (Å²) in [6, 6.07) is 6.97. The Labute approximate surface area is 109 Å². The van der Waals surface area contributed by atoms with Gasteiger partial charge in [0.05, 0.1) is 4.90 Å². The molecule has 6 heteroatoms. The van der Waals surface area contributed by atoms with Crippen LogP contribution < -0.4 is 10.5 Å². The standard InChI is InChI=1S/C11H18N2O2S.ClH/c1-9(2)10-4-3-5-11(8-10)16(14,15)13-7-6-12;/h3-5,8-9,13H,6-7,12H2,1-2H3;1H. The number of nitrogens with one attached hydrogen (secondary N) is 1. The van der Waals surface area contributed by atoms with Gasteiger partial charge in [0.25, 0.3) is 0 Å². The van der Waals surface area contributed by atoms with Crippen molar-refractivity contribution in [2.45, 2.75) is 24.7 Å². The lowest BCUT2D eigenvalue weighted by molar-refractivity contribution is 0.582. The predicted molar refractivity (Wildman–Crippen MR) is 72.0 cm³/mol. The van der Waals surface area contributed by atoms with E-state index in [9.17, 15) is 8.42 Å². The number of halogens is 1. The topological polar surface area (TPSA) is 72.2 Å². The first-order chi connectivity index (χ1) is 7.47. The average Bonchev–Trinajstić information content (AvgIpc) is 2.26. The van der Waals surface area contributed by atoms with Crippen molar-refractivity contribution in [3.8, 4) is 0 Å². The molecule has 0 amide bonds. The molecule has 0 aromatic heterocycles. The first-order valence-corrected chi connectivity index (χ1v) is 6.75. The molecule has 0 aliphatic carbocycles. The largest absolute Gasteiger partial charge is 0.329 e. The molecule has 0 heterocycles. The van der Waals surface area contributed by atoms with Gasteiger partial charge in [-0.1, -0.05) is 26.0 Å². The second-order valence-corrected chi connectivity index (χ2v) is 5.68. The summed E-state index contributed by atoms with van der Waals surface area (Å²) < 4.78 is 26.0. The van der Waals surface area contributed by atoms with Crippen molar-refractivity contribution in [1.29, 1.82) is 0 Å². The number of rotatable bonds is 5. The second-order valence-electron chi connectivity index (χ2n) is 3.91. The van der Waals surface area contributed by atoms with Crippen LogP contribution in [-0.4, -0.2) is 21.5 Å². The maximum absolute atomic E-state index is 11.8. The predicted octanol–water partition coefficient (Wildman–Crippen LogP) is 1.47. The van der Waals surface area contributed by atoms with Crippen molar-refractivity contribution in [2.75, 3.05) is 13.1 Å². The summed E-state index contributed by atoms with van der Waals surface area (Å²) in [5, 5.41) is 0. The van der Waals surface area contributed by atoms with Gasteiger partial charge in [-0.15, -0.1) is 12.4 Å². The molecule has 1 aromatic carbocycles. The minimum Gasteiger partial charge on any atom is -0.329 e. The van der Waals surface area contributed by atoms with Crippen molar-refractivity contribution in [3.05, 3.63) is 29.8 Å². The zero-order valence-corrected chi connectivity index (χ0v) is 11.6. The fraction of sp³-hybridized carbons (Fsp3) is 0.455. The highest BCUT2D eigenvalue weighted by atomic mass is 35.5. The van der Waals surface area contributed by atoms with E-state index in [0.29, 0.717) is 17.4 Å². The third-order valence-electron chi connectivity index (χ3n) is 2.27. The molecule has 17 heavy (non-hydrogen) atoms. The summed E-state index contributed by atoms with van der Waals surface area (Å²) >= 11 is 0. The van der Waals surface area contributed by atoms with Crippen LogP contribution in [0.1, 0.15) is 25.3 Å². The maximum Gasteiger partial charge on any atom is 0.240 e. The van der Waals surface area contributed by atoms with E-state index in [0.717, 1.165) is 5.56 Å². The third kappa shape index (κ3) is 4.63. The normalized spacial score (nSPS) is 11.3. The number of benzene rings is 1. The van der Waals surface area contributed by atoms with Crippen LogP contribution in [0.3, 0.4) is 0 Å². The number of sulfonamides is 1. The summed E-state index contributed by atoms with van der Waals surface area (Å²) in [6.45, 7) is 4.61. The quantitative estimate of drug-likeness (QED) is 0.857. The molecule has 98 valence electrons. The van der Waals surface area contributed by atoms with E-state index >= 15 is 0 Å². The van der Waals surface area contributed by atoms with E-state index in [4.69, 9.17) is 5.73 Å². The molecule has 4 nitrogen and oxygen atoms in total. The van der Waals surface area contributed by atoms with Crippen LogP contribution in [0.25, 0.3) is 0 Å². The van der Waals surface area contributed by atoms with E-state index in [-0.39, 0.29) is 19.0 Å². The molecule has 0 spiro atoms. The van der Waals surface area contributed by atoms with Gasteiger partial charge in [-0.2, -0.15) is 0 Å². The van der Waals surface area contributed by atoms with E-state index in [1.165, 1.54) is 0 Å². The van der Waals surface area contributed by atoms with Crippen molar-refractivity contribution < 1.29 is 8.42 Å². The Kier molecular flexibility index (Phi) is 6.70. The lowest BCUT2D eigenvalue weighted by Gasteiger charge is -2.09. The lowest BCUT2D eigenvalue weighted by Crippen LogP contribution is -2.29. The van der Waals surface area contributed by atoms with Gasteiger partial charge in [0.1, 0.15) is 0 Å². The van der Waals surface area contributed by atoms with Crippen LogP contribution in [0.2, 0.25) is 0 Å². The van der Waals surface area contributed by atoms with Gasteiger partial charge in [0.15, 0.2) is 0 Å². The summed E-state index contributed by atoms with van der Waals surface area (Å²) in [5.41, 5.74) is 6.27. The molecule has 0 fully saturated rings. The minimum atomic E-state index is -3.41. The molecule has 0 aliphatic heterocycles. The smallest absolute Gasteiger partial charge is 0.240 e. The first kappa shape index (κ1) is 16.4. The molecule has 0 saturated heterocycles. The Morgan fingerprint density at radius 2 is 2.00 bits per heavy atom. The number of hydrogen-bond donors (Lipinski definition) is 2. The Balaban J connectivity index is 0.00000256. The number of nitrogens with two attached hydrogens (primary N) is 1. The molecule has 0 bridgehead atoms. The van der Waals surface area contributed by atoms with Gasteiger partial charge in [0.2, 0.25) is 10.0 Å². The Morgan fingerprint density at radius 1 is 1.35 bits per heavy atom. The highest BCUT2D eigenvalue weighted by molar-refractivity contribution is 7.89. The van der Waals surface area contributed by atoms with E-state index in [2.05, 4.69) is 4.72 Å². The molecule has 0 radical (unpaired) electrons. The summed E-state index contributed by atoms with van der Waals surface area (Å²) in [4.78, 5) is 0.298. The molecular weight excluding hydrogens is 260 g/mol. The molecule has 1 rings (SSSR count). The van der Waals surface area contributed by atoms with E-state index in [1.54, 1.807) is 18.2 Å². The van der Waals surface area contributed by atoms with Gasteiger partial charge in [-0.3, -0.25) is 0 Å². The van der Waals surface area contributed by atoms with Crippen LogP contribution in [0.5, 0.6) is 0 Å². The minimum absolute atomic E-state index is 0.